The number of hydrogen-bond donors (Lipinski definition) is 0. The zero-order valence-electron chi connectivity index (χ0n) is 11.2. The topological polar surface area (TPSA) is 37.4 Å². The van der Waals surface area contributed by atoms with Crippen molar-refractivity contribution in [3.8, 4) is 0 Å². The van der Waals surface area contributed by atoms with Crippen LogP contribution in [0.15, 0.2) is 0 Å². The molecule has 2 unspecified atom stereocenters. The highest BCUT2D eigenvalue weighted by atomic mass is 32.2. The molecule has 0 spiro atoms. The number of hydrogen-bond acceptors (Lipinski definition) is 3. The van der Waals surface area contributed by atoms with E-state index in [4.69, 9.17) is 0 Å². The Morgan fingerprint density at radius 2 is 2.06 bits per heavy atom. The van der Waals surface area contributed by atoms with E-state index in [2.05, 4.69) is 20.8 Å². The zero-order valence-corrected chi connectivity index (χ0v) is 12.0. The molecule has 1 aliphatic heterocycles. The van der Waals surface area contributed by atoms with Crippen LogP contribution in [0.5, 0.6) is 0 Å². The van der Waals surface area contributed by atoms with Gasteiger partial charge in [-0.3, -0.25) is 9.59 Å². The van der Waals surface area contributed by atoms with Gasteiger partial charge in [0.1, 0.15) is 0 Å². The highest BCUT2D eigenvalue weighted by Crippen LogP contribution is 2.27. The summed E-state index contributed by atoms with van der Waals surface area (Å²) >= 11 is 1.31. The predicted octanol–water partition coefficient (Wildman–Crippen LogP) is 2.69. The lowest BCUT2D eigenvalue weighted by Gasteiger charge is -2.25. The van der Waals surface area contributed by atoms with E-state index in [1.54, 1.807) is 6.92 Å². The summed E-state index contributed by atoms with van der Waals surface area (Å²) in [6.07, 6.45) is 2.73. The maximum Gasteiger partial charge on any atom is 0.224 e. The number of rotatable bonds is 5. The molecule has 98 valence electrons. The average molecular weight is 257 g/mol. The number of thioether (sulfide) groups is 1. The molecule has 0 aliphatic carbocycles. The monoisotopic (exact) mass is 257 g/mol. The second-order valence-corrected chi connectivity index (χ2v) is 6.78. The van der Waals surface area contributed by atoms with Gasteiger partial charge in [-0.15, -0.1) is 0 Å². The Labute approximate surface area is 108 Å². The first-order chi connectivity index (χ1) is 7.90. The Morgan fingerprint density at radius 1 is 1.41 bits per heavy atom. The second kappa shape index (κ2) is 6.43. The highest BCUT2D eigenvalue weighted by molar-refractivity contribution is 8.14. The summed E-state index contributed by atoms with van der Waals surface area (Å²) < 4.78 is 0. The minimum Gasteiger partial charge on any atom is -0.339 e. The molecule has 1 heterocycles. The van der Waals surface area contributed by atoms with Crippen LogP contribution in [-0.4, -0.2) is 33.8 Å². The molecule has 0 bridgehead atoms. The fourth-order valence-electron chi connectivity index (χ4n) is 2.17. The number of likely N-dealkylation sites (tertiary alicyclic amines) is 1. The van der Waals surface area contributed by atoms with Crippen LogP contribution >= 0.6 is 11.8 Å². The van der Waals surface area contributed by atoms with E-state index in [1.165, 1.54) is 11.8 Å². The van der Waals surface area contributed by atoms with Gasteiger partial charge in [-0.05, 0) is 25.7 Å². The highest BCUT2D eigenvalue weighted by Gasteiger charge is 2.33. The third kappa shape index (κ3) is 4.70. The number of nitrogens with zero attached hydrogens (tertiary/aromatic N) is 1. The Kier molecular flexibility index (Phi) is 5.50. The molecular formula is C13H23NO2S. The van der Waals surface area contributed by atoms with Gasteiger partial charge < -0.3 is 4.90 Å². The van der Waals surface area contributed by atoms with Crippen molar-refractivity contribution in [1.82, 2.24) is 4.90 Å². The van der Waals surface area contributed by atoms with Crippen molar-refractivity contribution < 1.29 is 9.59 Å². The quantitative estimate of drug-likeness (QED) is 0.760. The van der Waals surface area contributed by atoms with Crippen molar-refractivity contribution >= 4 is 22.8 Å². The van der Waals surface area contributed by atoms with Crippen LogP contribution in [0, 0.1) is 5.92 Å². The van der Waals surface area contributed by atoms with Gasteiger partial charge in [0.05, 0.1) is 0 Å². The van der Waals surface area contributed by atoms with Crippen molar-refractivity contribution in [3.05, 3.63) is 0 Å². The lowest BCUT2D eigenvalue weighted by atomic mass is 10.0. The third-order valence-electron chi connectivity index (χ3n) is 3.15. The number of amides is 1. The molecule has 0 saturated carbocycles. The van der Waals surface area contributed by atoms with Crippen molar-refractivity contribution in [2.75, 3.05) is 6.54 Å². The fraction of sp³-hybridized carbons (Fsp3) is 0.846. The van der Waals surface area contributed by atoms with Gasteiger partial charge in [-0.1, -0.05) is 25.6 Å². The SMILES string of the molecule is CC(=O)SC1CC(=O)N(C(C)CCC(C)C)C1. The van der Waals surface area contributed by atoms with E-state index >= 15 is 0 Å². The summed E-state index contributed by atoms with van der Waals surface area (Å²) in [7, 11) is 0. The first-order valence-electron chi connectivity index (χ1n) is 6.36. The van der Waals surface area contributed by atoms with E-state index in [-0.39, 0.29) is 16.3 Å². The zero-order chi connectivity index (χ0) is 13.0. The van der Waals surface area contributed by atoms with Crippen LogP contribution in [0.3, 0.4) is 0 Å². The smallest absolute Gasteiger partial charge is 0.224 e. The van der Waals surface area contributed by atoms with E-state index in [0.29, 0.717) is 18.4 Å². The van der Waals surface area contributed by atoms with Gasteiger partial charge in [0.2, 0.25) is 5.91 Å². The summed E-state index contributed by atoms with van der Waals surface area (Å²) in [5, 5.41) is 0.279. The second-order valence-electron chi connectivity index (χ2n) is 5.30. The molecule has 2 atom stereocenters. The largest absolute Gasteiger partial charge is 0.339 e. The minimum atomic E-state index is 0.111. The molecule has 3 nitrogen and oxygen atoms in total. The van der Waals surface area contributed by atoms with Crippen molar-refractivity contribution in [2.45, 2.75) is 58.2 Å². The molecule has 0 N–H and O–H groups in total. The average Bonchev–Trinajstić information content (AvgIpc) is 2.54. The molecule has 1 saturated heterocycles. The summed E-state index contributed by atoms with van der Waals surface area (Å²) in [6, 6.07) is 0.308. The van der Waals surface area contributed by atoms with Crippen LogP contribution in [0.1, 0.15) is 47.0 Å². The standard InChI is InChI=1S/C13H23NO2S/c1-9(2)5-6-10(3)14-8-12(7-13(14)16)17-11(4)15/h9-10,12H,5-8H2,1-4H3. The van der Waals surface area contributed by atoms with Crippen LogP contribution in [0.4, 0.5) is 0 Å². The van der Waals surface area contributed by atoms with Crippen LogP contribution in [-0.2, 0) is 9.59 Å². The summed E-state index contributed by atoms with van der Waals surface area (Å²) in [5.41, 5.74) is 0. The Bertz CT molecular complexity index is 291. The van der Waals surface area contributed by atoms with E-state index in [9.17, 15) is 9.59 Å². The Balaban J connectivity index is 2.43. The van der Waals surface area contributed by atoms with E-state index < -0.39 is 0 Å². The number of carbonyl (C=O) groups excluding carboxylic acids is 2. The van der Waals surface area contributed by atoms with Gasteiger partial charge in [-0.2, -0.15) is 0 Å². The third-order valence-corrected chi connectivity index (χ3v) is 4.13. The lowest BCUT2D eigenvalue weighted by molar-refractivity contribution is -0.129. The van der Waals surface area contributed by atoms with Crippen molar-refractivity contribution in [1.29, 1.82) is 0 Å². The molecule has 1 rings (SSSR count). The van der Waals surface area contributed by atoms with Gasteiger partial charge in [0.15, 0.2) is 5.12 Å². The Hall–Kier alpha value is -0.510. The maximum atomic E-state index is 11.9. The first kappa shape index (κ1) is 14.6. The van der Waals surface area contributed by atoms with Gasteiger partial charge >= 0.3 is 0 Å². The molecule has 0 aromatic carbocycles. The maximum absolute atomic E-state index is 11.9. The van der Waals surface area contributed by atoms with Crippen molar-refractivity contribution in [3.63, 3.8) is 0 Å². The van der Waals surface area contributed by atoms with Crippen LogP contribution in [0.25, 0.3) is 0 Å². The molecule has 0 aromatic heterocycles. The number of carbonyl (C=O) groups is 2. The van der Waals surface area contributed by atoms with E-state index in [1.807, 2.05) is 4.90 Å². The lowest BCUT2D eigenvalue weighted by Crippen LogP contribution is -2.34. The molecule has 0 radical (unpaired) electrons. The summed E-state index contributed by atoms with van der Waals surface area (Å²) in [5.74, 6) is 0.887. The summed E-state index contributed by atoms with van der Waals surface area (Å²) in [6.45, 7) is 8.82. The molecule has 1 fully saturated rings. The van der Waals surface area contributed by atoms with Gasteiger partial charge in [-0.25, -0.2) is 0 Å². The van der Waals surface area contributed by atoms with Crippen LogP contribution < -0.4 is 0 Å². The molecule has 0 aromatic rings. The fourth-order valence-corrected chi connectivity index (χ4v) is 3.10. The predicted molar refractivity (Wildman–Crippen MR) is 71.9 cm³/mol. The molecular weight excluding hydrogens is 234 g/mol. The van der Waals surface area contributed by atoms with E-state index in [0.717, 1.165) is 19.4 Å². The molecule has 4 heteroatoms. The Morgan fingerprint density at radius 3 is 2.59 bits per heavy atom. The molecule has 17 heavy (non-hydrogen) atoms. The van der Waals surface area contributed by atoms with Crippen molar-refractivity contribution in [2.24, 2.45) is 5.92 Å². The minimum absolute atomic E-state index is 0.111. The molecule has 1 aliphatic rings. The summed E-state index contributed by atoms with van der Waals surface area (Å²) in [4.78, 5) is 24.8. The first-order valence-corrected chi connectivity index (χ1v) is 7.24. The van der Waals surface area contributed by atoms with Gasteiger partial charge in [0.25, 0.3) is 0 Å². The van der Waals surface area contributed by atoms with Crippen LogP contribution in [0.2, 0.25) is 0 Å². The normalized spacial score (nSPS) is 22.3. The van der Waals surface area contributed by atoms with Gasteiger partial charge in [0, 0.05) is 31.2 Å². The molecule has 1 amide bonds.